The van der Waals surface area contributed by atoms with Gasteiger partial charge in [0, 0.05) is 0 Å². The first kappa shape index (κ1) is 13.3. The average molecular weight is 257 g/mol. The molecule has 1 rings (SSSR count). The highest BCUT2D eigenvalue weighted by atomic mass is 32.2. The number of benzene rings is 1. The van der Waals surface area contributed by atoms with Gasteiger partial charge in [0.15, 0.2) is 0 Å². The van der Waals surface area contributed by atoms with E-state index in [9.17, 15) is 14.9 Å². The maximum Gasteiger partial charge on any atom is 0.341 e. The highest BCUT2D eigenvalue weighted by Crippen LogP contribution is 2.39. The van der Waals surface area contributed by atoms with Gasteiger partial charge >= 0.3 is 11.7 Å². The van der Waals surface area contributed by atoms with Crippen LogP contribution in [0.4, 0.5) is 5.69 Å². The zero-order valence-corrected chi connectivity index (χ0v) is 10.4. The molecule has 0 N–H and O–H groups in total. The molecule has 0 spiro atoms. The van der Waals surface area contributed by atoms with Crippen LogP contribution in [0.5, 0.6) is 5.75 Å². The Hall–Kier alpha value is -1.76. The smallest absolute Gasteiger partial charge is 0.341 e. The summed E-state index contributed by atoms with van der Waals surface area (Å²) in [5.74, 6) is -0.744. The maximum absolute atomic E-state index is 11.4. The van der Waals surface area contributed by atoms with E-state index in [1.54, 1.807) is 6.26 Å². The lowest BCUT2D eigenvalue weighted by Crippen LogP contribution is -2.06. The van der Waals surface area contributed by atoms with Gasteiger partial charge in [-0.05, 0) is 18.4 Å². The molecule has 0 aliphatic carbocycles. The molecule has 0 saturated heterocycles. The van der Waals surface area contributed by atoms with Gasteiger partial charge < -0.3 is 9.47 Å². The molecule has 0 atom stereocenters. The molecule has 6 nitrogen and oxygen atoms in total. The number of rotatable bonds is 4. The quantitative estimate of drug-likeness (QED) is 0.356. The third kappa shape index (κ3) is 2.50. The summed E-state index contributed by atoms with van der Waals surface area (Å²) in [6, 6.07) is 2.95. The highest BCUT2D eigenvalue weighted by molar-refractivity contribution is 7.98. The highest BCUT2D eigenvalue weighted by Gasteiger charge is 2.27. The summed E-state index contributed by atoms with van der Waals surface area (Å²) in [7, 11) is 2.48. The summed E-state index contributed by atoms with van der Waals surface area (Å²) < 4.78 is 9.49. The molecule has 92 valence electrons. The minimum atomic E-state index is -0.669. The molecule has 0 fully saturated rings. The third-order valence-electron chi connectivity index (χ3n) is 2.11. The predicted octanol–water partition coefficient (Wildman–Crippen LogP) is 2.11. The van der Waals surface area contributed by atoms with Gasteiger partial charge in [-0.3, -0.25) is 10.1 Å². The first-order chi connectivity index (χ1) is 8.06. The minimum Gasteiger partial charge on any atom is -0.490 e. The van der Waals surface area contributed by atoms with E-state index in [0.717, 1.165) is 0 Å². The van der Waals surface area contributed by atoms with Gasteiger partial charge in [0.25, 0.3) is 0 Å². The van der Waals surface area contributed by atoms with Crippen LogP contribution < -0.4 is 4.74 Å². The van der Waals surface area contributed by atoms with Crippen molar-refractivity contribution in [2.24, 2.45) is 0 Å². The second kappa shape index (κ2) is 5.53. The fraction of sp³-hybridized carbons (Fsp3) is 0.300. The van der Waals surface area contributed by atoms with E-state index in [1.165, 1.54) is 38.1 Å². The summed E-state index contributed by atoms with van der Waals surface area (Å²) in [6.45, 7) is 0. The molecule has 1 aromatic rings. The number of carbonyl (C=O) groups excluding carboxylic acids is 1. The van der Waals surface area contributed by atoms with E-state index in [0.29, 0.717) is 4.90 Å². The van der Waals surface area contributed by atoms with Crippen LogP contribution in [0.25, 0.3) is 0 Å². The number of nitro groups is 1. The van der Waals surface area contributed by atoms with E-state index >= 15 is 0 Å². The molecular formula is C10H11NO5S. The van der Waals surface area contributed by atoms with E-state index in [2.05, 4.69) is 4.74 Å². The first-order valence-corrected chi connectivity index (χ1v) is 5.77. The molecule has 17 heavy (non-hydrogen) atoms. The second-order valence-corrected chi connectivity index (χ2v) is 3.79. The Labute approximate surface area is 102 Å². The van der Waals surface area contributed by atoms with Crippen molar-refractivity contribution in [1.82, 2.24) is 0 Å². The lowest BCUT2D eigenvalue weighted by atomic mass is 10.1. The summed E-state index contributed by atoms with van der Waals surface area (Å²) in [6.07, 6.45) is 1.71. The lowest BCUT2D eigenvalue weighted by molar-refractivity contribution is -0.388. The van der Waals surface area contributed by atoms with E-state index in [4.69, 9.17) is 4.74 Å². The van der Waals surface area contributed by atoms with E-state index in [-0.39, 0.29) is 17.0 Å². The molecule has 0 aliphatic heterocycles. The van der Waals surface area contributed by atoms with Crippen molar-refractivity contribution < 1.29 is 19.2 Å². The van der Waals surface area contributed by atoms with E-state index in [1.807, 2.05) is 0 Å². The fourth-order valence-electron chi connectivity index (χ4n) is 1.37. The monoisotopic (exact) mass is 257 g/mol. The number of carbonyl (C=O) groups is 1. The standard InChI is InChI=1S/C10H11NO5S/c1-15-9-6(10(12)16-2)4-5-7(17-3)8(9)11(13)14/h4-5H,1-3H3. The normalized spacial score (nSPS) is 9.82. The molecule has 0 saturated carbocycles. The predicted molar refractivity (Wildman–Crippen MR) is 62.8 cm³/mol. The van der Waals surface area contributed by atoms with Crippen molar-refractivity contribution in [3.8, 4) is 5.75 Å². The van der Waals surface area contributed by atoms with Gasteiger partial charge in [0.2, 0.25) is 5.75 Å². The number of hydrogen-bond donors (Lipinski definition) is 0. The molecule has 0 aromatic heterocycles. The van der Waals surface area contributed by atoms with Gasteiger partial charge in [-0.25, -0.2) is 4.79 Å². The number of thioether (sulfide) groups is 1. The van der Waals surface area contributed by atoms with Crippen molar-refractivity contribution in [3.05, 3.63) is 27.8 Å². The van der Waals surface area contributed by atoms with Gasteiger partial charge in [0.1, 0.15) is 5.56 Å². The summed E-state index contributed by atoms with van der Waals surface area (Å²) in [5, 5.41) is 11.0. The van der Waals surface area contributed by atoms with Crippen LogP contribution in [0.2, 0.25) is 0 Å². The van der Waals surface area contributed by atoms with Gasteiger partial charge in [-0.1, -0.05) is 0 Å². The zero-order valence-electron chi connectivity index (χ0n) is 9.55. The Morgan fingerprint density at radius 1 is 1.41 bits per heavy atom. The largest absolute Gasteiger partial charge is 0.490 e. The third-order valence-corrected chi connectivity index (χ3v) is 2.88. The molecule has 0 amide bonds. The average Bonchev–Trinajstić information content (AvgIpc) is 2.35. The summed E-state index contributed by atoms with van der Waals surface area (Å²) in [5.41, 5.74) is -0.178. The maximum atomic E-state index is 11.4. The van der Waals surface area contributed by atoms with Crippen molar-refractivity contribution in [2.45, 2.75) is 4.90 Å². The Kier molecular flexibility index (Phi) is 4.33. The zero-order chi connectivity index (χ0) is 13.0. The lowest BCUT2D eigenvalue weighted by Gasteiger charge is -2.09. The molecular weight excluding hydrogens is 246 g/mol. The topological polar surface area (TPSA) is 78.7 Å². The van der Waals surface area contributed by atoms with Crippen LogP contribution in [0.1, 0.15) is 10.4 Å². The summed E-state index contributed by atoms with van der Waals surface area (Å²) >= 11 is 1.21. The number of nitrogens with zero attached hydrogens (tertiary/aromatic N) is 1. The van der Waals surface area contributed by atoms with Gasteiger partial charge in [0.05, 0.1) is 24.0 Å². The fourth-order valence-corrected chi connectivity index (χ4v) is 1.93. The van der Waals surface area contributed by atoms with Crippen LogP contribution in [0.3, 0.4) is 0 Å². The number of nitro benzene ring substituents is 1. The Morgan fingerprint density at radius 2 is 2.06 bits per heavy atom. The first-order valence-electron chi connectivity index (χ1n) is 4.54. The van der Waals surface area contributed by atoms with Crippen LogP contribution in [0.15, 0.2) is 17.0 Å². The number of esters is 1. The summed E-state index contributed by atoms with van der Waals surface area (Å²) in [4.78, 5) is 22.3. The van der Waals surface area contributed by atoms with Crippen LogP contribution >= 0.6 is 11.8 Å². The van der Waals surface area contributed by atoms with Crippen LogP contribution in [-0.4, -0.2) is 31.4 Å². The number of ether oxygens (including phenoxy) is 2. The Bertz CT molecular complexity index is 460. The molecule has 7 heteroatoms. The molecule has 0 heterocycles. The molecule has 0 bridgehead atoms. The SMILES string of the molecule is COC(=O)c1ccc(SC)c([N+](=O)[O-])c1OC. The second-order valence-electron chi connectivity index (χ2n) is 2.95. The molecule has 0 radical (unpaired) electrons. The van der Waals surface area contributed by atoms with Crippen molar-refractivity contribution in [1.29, 1.82) is 0 Å². The molecule has 0 unspecified atom stereocenters. The Balaban J connectivity index is 3.51. The minimum absolute atomic E-state index is 0.0412. The van der Waals surface area contributed by atoms with Crippen LogP contribution in [0, 0.1) is 10.1 Å². The molecule has 1 aromatic carbocycles. The number of methoxy groups -OCH3 is 2. The van der Waals surface area contributed by atoms with E-state index < -0.39 is 10.9 Å². The Morgan fingerprint density at radius 3 is 2.47 bits per heavy atom. The molecule has 0 aliphatic rings. The van der Waals surface area contributed by atoms with Crippen LogP contribution in [-0.2, 0) is 4.74 Å². The van der Waals surface area contributed by atoms with Crippen molar-refractivity contribution >= 4 is 23.4 Å². The number of hydrogen-bond acceptors (Lipinski definition) is 6. The van der Waals surface area contributed by atoms with Gasteiger partial charge in [-0.2, -0.15) is 0 Å². The van der Waals surface area contributed by atoms with Gasteiger partial charge in [-0.15, -0.1) is 11.8 Å². The van der Waals surface area contributed by atoms with Crippen molar-refractivity contribution in [2.75, 3.05) is 20.5 Å². The van der Waals surface area contributed by atoms with Crippen molar-refractivity contribution in [3.63, 3.8) is 0 Å².